The number of carbonyl (C=O) groups excluding carboxylic acids is 1. The Kier molecular flexibility index (Phi) is 2.17. The molecular formula is C12H16BrO2-. The molecule has 4 bridgehead atoms. The van der Waals surface area contributed by atoms with Gasteiger partial charge in [-0.3, -0.25) is 0 Å². The van der Waals surface area contributed by atoms with Crippen molar-refractivity contribution in [3.8, 4) is 0 Å². The summed E-state index contributed by atoms with van der Waals surface area (Å²) in [7, 11) is 0. The van der Waals surface area contributed by atoms with Crippen LogP contribution in [0.1, 0.15) is 38.5 Å². The Morgan fingerprint density at radius 3 is 1.87 bits per heavy atom. The molecule has 2 nitrogen and oxygen atoms in total. The van der Waals surface area contributed by atoms with E-state index in [-0.39, 0.29) is 5.41 Å². The molecule has 0 aliphatic heterocycles. The summed E-state index contributed by atoms with van der Waals surface area (Å²) < 4.78 is 0. The van der Waals surface area contributed by atoms with Crippen LogP contribution in [0.3, 0.4) is 0 Å². The fourth-order valence-electron chi connectivity index (χ4n) is 4.74. The molecule has 0 aromatic carbocycles. The first-order valence-corrected chi connectivity index (χ1v) is 6.85. The van der Waals surface area contributed by atoms with Crippen LogP contribution < -0.4 is 5.11 Å². The van der Waals surface area contributed by atoms with Gasteiger partial charge < -0.3 is 9.90 Å². The van der Waals surface area contributed by atoms with E-state index in [4.69, 9.17) is 0 Å². The standard InChI is InChI=1S/C12H17BrO2/c13-10(11(14)15)12-4-7-1-8(5-12)3-9(2-7)6-12/h7-10H,1-6H2,(H,14,15)/p-1/t7?,8?,9?,10-,12?/m0/s1. The number of aliphatic carboxylic acids is 1. The number of halogens is 1. The van der Waals surface area contributed by atoms with Gasteiger partial charge in [0, 0.05) is 0 Å². The summed E-state index contributed by atoms with van der Waals surface area (Å²) in [6.07, 6.45) is 7.40. The van der Waals surface area contributed by atoms with Crippen molar-refractivity contribution in [1.82, 2.24) is 0 Å². The Bertz CT molecular complexity index is 265. The molecule has 0 heterocycles. The molecule has 4 aliphatic carbocycles. The average Bonchev–Trinajstić information content (AvgIpc) is 2.14. The minimum absolute atomic E-state index is 0.0353. The van der Waals surface area contributed by atoms with Crippen LogP contribution >= 0.6 is 15.9 Å². The largest absolute Gasteiger partial charge is 0.549 e. The van der Waals surface area contributed by atoms with Gasteiger partial charge in [0.2, 0.25) is 0 Å². The summed E-state index contributed by atoms with van der Waals surface area (Å²) in [5.41, 5.74) is 0.0353. The molecule has 0 aromatic rings. The molecule has 0 unspecified atom stereocenters. The normalized spacial score (nSPS) is 49.3. The van der Waals surface area contributed by atoms with Crippen molar-refractivity contribution >= 4 is 21.9 Å². The predicted molar refractivity (Wildman–Crippen MR) is 58.3 cm³/mol. The Labute approximate surface area is 98.6 Å². The fourth-order valence-corrected chi connectivity index (χ4v) is 5.30. The van der Waals surface area contributed by atoms with Gasteiger partial charge in [0.05, 0.1) is 10.8 Å². The van der Waals surface area contributed by atoms with Crippen LogP contribution in [0.4, 0.5) is 0 Å². The number of carboxylic acids is 1. The van der Waals surface area contributed by atoms with E-state index in [2.05, 4.69) is 15.9 Å². The average molecular weight is 272 g/mol. The van der Waals surface area contributed by atoms with Gasteiger partial charge in [-0.05, 0) is 61.7 Å². The first kappa shape index (κ1) is 10.1. The van der Waals surface area contributed by atoms with Crippen molar-refractivity contribution in [3.63, 3.8) is 0 Å². The maximum atomic E-state index is 11.1. The molecule has 0 aromatic heterocycles. The Morgan fingerprint density at radius 1 is 1.13 bits per heavy atom. The van der Waals surface area contributed by atoms with Gasteiger partial charge in [0.1, 0.15) is 0 Å². The van der Waals surface area contributed by atoms with Crippen LogP contribution in [0.5, 0.6) is 0 Å². The number of hydrogen-bond donors (Lipinski definition) is 0. The third kappa shape index (κ3) is 1.46. The van der Waals surface area contributed by atoms with Crippen molar-refractivity contribution in [3.05, 3.63) is 0 Å². The van der Waals surface area contributed by atoms with E-state index >= 15 is 0 Å². The summed E-state index contributed by atoms with van der Waals surface area (Å²) in [6.45, 7) is 0. The summed E-state index contributed by atoms with van der Waals surface area (Å²) in [4.78, 5) is 10.6. The first-order chi connectivity index (χ1) is 7.09. The lowest BCUT2D eigenvalue weighted by Crippen LogP contribution is -2.54. The minimum Gasteiger partial charge on any atom is -0.549 e. The topological polar surface area (TPSA) is 40.1 Å². The zero-order valence-corrected chi connectivity index (χ0v) is 10.3. The Morgan fingerprint density at radius 2 is 1.53 bits per heavy atom. The van der Waals surface area contributed by atoms with Gasteiger partial charge in [-0.15, -0.1) is 0 Å². The first-order valence-electron chi connectivity index (χ1n) is 5.94. The molecule has 4 fully saturated rings. The lowest BCUT2D eigenvalue weighted by Gasteiger charge is -2.58. The number of rotatable bonds is 2. The van der Waals surface area contributed by atoms with Gasteiger partial charge in [0.15, 0.2) is 0 Å². The van der Waals surface area contributed by atoms with Crippen LogP contribution in [0, 0.1) is 23.2 Å². The highest BCUT2D eigenvalue weighted by Gasteiger charge is 2.53. The van der Waals surface area contributed by atoms with Crippen molar-refractivity contribution in [2.75, 3.05) is 0 Å². The number of carbonyl (C=O) groups is 1. The lowest BCUT2D eigenvalue weighted by molar-refractivity contribution is -0.308. The number of carboxylic acid groups (broad SMARTS) is 1. The highest BCUT2D eigenvalue weighted by Crippen LogP contribution is 2.62. The van der Waals surface area contributed by atoms with Crippen LogP contribution in [0.15, 0.2) is 0 Å². The smallest absolute Gasteiger partial charge is 0.0597 e. The van der Waals surface area contributed by atoms with E-state index in [1.165, 1.54) is 19.3 Å². The third-order valence-corrected chi connectivity index (χ3v) is 6.18. The maximum absolute atomic E-state index is 11.1. The summed E-state index contributed by atoms with van der Waals surface area (Å²) in [5, 5.41) is 11.1. The van der Waals surface area contributed by atoms with Crippen LogP contribution in [-0.4, -0.2) is 10.8 Å². The monoisotopic (exact) mass is 271 g/mol. The lowest BCUT2D eigenvalue weighted by atomic mass is 9.49. The van der Waals surface area contributed by atoms with Crippen molar-refractivity contribution in [1.29, 1.82) is 0 Å². The third-order valence-electron chi connectivity index (χ3n) is 4.83. The van der Waals surface area contributed by atoms with Crippen molar-refractivity contribution in [2.24, 2.45) is 23.2 Å². The molecule has 3 heteroatoms. The molecular weight excluding hydrogens is 256 g/mol. The molecule has 0 saturated heterocycles. The van der Waals surface area contributed by atoms with E-state index < -0.39 is 10.8 Å². The molecule has 4 rings (SSSR count). The van der Waals surface area contributed by atoms with Gasteiger partial charge >= 0.3 is 0 Å². The molecule has 0 amide bonds. The van der Waals surface area contributed by atoms with Crippen LogP contribution in [0.25, 0.3) is 0 Å². The molecule has 0 radical (unpaired) electrons. The fraction of sp³-hybridized carbons (Fsp3) is 0.917. The molecule has 4 saturated carbocycles. The second kappa shape index (κ2) is 3.22. The number of hydrogen-bond acceptors (Lipinski definition) is 2. The summed E-state index contributed by atoms with van der Waals surface area (Å²) >= 11 is 3.37. The highest BCUT2D eigenvalue weighted by molar-refractivity contribution is 9.10. The molecule has 0 N–H and O–H groups in total. The van der Waals surface area contributed by atoms with E-state index in [1.807, 2.05) is 0 Å². The van der Waals surface area contributed by atoms with E-state index in [9.17, 15) is 9.90 Å². The van der Waals surface area contributed by atoms with Crippen molar-refractivity contribution < 1.29 is 9.90 Å². The molecule has 4 aliphatic rings. The minimum atomic E-state index is -0.906. The quantitative estimate of drug-likeness (QED) is 0.718. The Balaban J connectivity index is 1.89. The molecule has 84 valence electrons. The van der Waals surface area contributed by atoms with Crippen molar-refractivity contribution in [2.45, 2.75) is 43.4 Å². The SMILES string of the molecule is O=C([O-])[C@H](Br)C12CC3CC(CC(C3)C1)C2. The maximum Gasteiger partial charge on any atom is 0.0597 e. The molecule has 1 atom stereocenters. The molecule has 15 heavy (non-hydrogen) atoms. The van der Waals surface area contributed by atoms with Gasteiger partial charge in [-0.1, -0.05) is 15.9 Å². The van der Waals surface area contributed by atoms with E-state index in [0.717, 1.165) is 37.0 Å². The second-order valence-corrected chi connectivity index (χ2v) is 6.88. The summed E-state index contributed by atoms with van der Waals surface area (Å²) in [5.74, 6) is 1.50. The van der Waals surface area contributed by atoms with Crippen LogP contribution in [-0.2, 0) is 4.79 Å². The van der Waals surface area contributed by atoms with Gasteiger partial charge in [0.25, 0.3) is 0 Å². The zero-order chi connectivity index (χ0) is 10.6. The van der Waals surface area contributed by atoms with Gasteiger partial charge in [-0.2, -0.15) is 0 Å². The second-order valence-electron chi connectivity index (χ2n) is 5.96. The highest BCUT2D eigenvalue weighted by atomic mass is 79.9. The molecule has 0 spiro atoms. The zero-order valence-electron chi connectivity index (χ0n) is 8.75. The number of alkyl halides is 1. The predicted octanol–water partition coefficient (Wildman–Crippen LogP) is 1.72. The van der Waals surface area contributed by atoms with Gasteiger partial charge in [-0.25, -0.2) is 0 Å². The van der Waals surface area contributed by atoms with Crippen LogP contribution in [0.2, 0.25) is 0 Å². The van der Waals surface area contributed by atoms with E-state index in [0.29, 0.717) is 0 Å². The summed E-state index contributed by atoms with van der Waals surface area (Å²) in [6, 6.07) is 0. The van der Waals surface area contributed by atoms with E-state index in [1.54, 1.807) is 0 Å². The Hall–Kier alpha value is -0.0500.